The Kier molecular flexibility index (Phi) is 7.16. The minimum atomic E-state index is 0. The van der Waals surface area contributed by atoms with Gasteiger partial charge in [-0.3, -0.25) is 4.90 Å². The maximum Gasteiger partial charge on any atom is 0.0233 e. The molecular weight excluding hydrogens is 279 g/mol. The van der Waals surface area contributed by atoms with E-state index in [1.54, 1.807) is 0 Å². The van der Waals surface area contributed by atoms with Crippen LogP contribution in [0.25, 0.3) is 0 Å². The molecule has 0 amide bonds. The quantitative estimate of drug-likeness (QED) is 0.903. The number of nitrogens with zero attached hydrogens (tertiary/aromatic N) is 1. The van der Waals surface area contributed by atoms with Crippen molar-refractivity contribution in [2.45, 2.75) is 19.4 Å². The topological polar surface area (TPSA) is 15.3 Å². The number of benzene rings is 1. The van der Waals surface area contributed by atoms with Crippen LogP contribution in [0.5, 0.6) is 0 Å². The van der Waals surface area contributed by atoms with E-state index in [1.807, 2.05) is 0 Å². The highest BCUT2D eigenvalue weighted by Gasteiger charge is 2.30. The zero-order valence-corrected chi connectivity index (χ0v) is 12.9. The molecule has 2 saturated heterocycles. The van der Waals surface area contributed by atoms with Gasteiger partial charge in [-0.15, -0.1) is 24.8 Å². The van der Waals surface area contributed by atoms with Crippen molar-refractivity contribution in [2.75, 3.05) is 26.2 Å². The highest BCUT2D eigenvalue weighted by Crippen LogP contribution is 2.28. The summed E-state index contributed by atoms with van der Waals surface area (Å²) in [5.74, 6) is 1.88. The van der Waals surface area contributed by atoms with Gasteiger partial charge in [-0.05, 0) is 49.9 Å². The van der Waals surface area contributed by atoms with Gasteiger partial charge in [0.05, 0.1) is 0 Å². The van der Waals surface area contributed by atoms with Gasteiger partial charge in [0, 0.05) is 13.1 Å². The lowest BCUT2D eigenvalue weighted by Crippen LogP contribution is -2.47. The number of fused-ring (bicyclic) bond motifs is 1. The van der Waals surface area contributed by atoms with E-state index < -0.39 is 0 Å². The highest BCUT2D eigenvalue weighted by molar-refractivity contribution is 5.85. The van der Waals surface area contributed by atoms with Crippen molar-refractivity contribution in [3.05, 3.63) is 35.9 Å². The third-order valence-corrected chi connectivity index (χ3v) is 4.32. The monoisotopic (exact) mass is 302 g/mol. The standard InChI is InChI=1S/C15H22N2.2ClH/c1-2-4-13(5-3-1)11-17-9-7-14-10-16-8-6-15(14)12-17;;/h1-5,14-16H,6-12H2;2*1H/t14-,15-;;/m1../s1. The molecule has 108 valence electrons. The molecule has 4 heteroatoms. The first-order valence-electron chi connectivity index (χ1n) is 6.89. The van der Waals surface area contributed by atoms with E-state index in [0.29, 0.717) is 0 Å². The van der Waals surface area contributed by atoms with E-state index in [4.69, 9.17) is 0 Å². The van der Waals surface area contributed by atoms with Gasteiger partial charge in [0.2, 0.25) is 0 Å². The Morgan fingerprint density at radius 2 is 1.84 bits per heavy atom. The molecule has 2 fully saturated rings. The summed E-state index contributed by atoms with van der Waals surface area (Å²) in [6, 6.07) is 10.9. The molecule has 2 aliphatic rings. The predicted molar refractivity (Wildman–Crippen MR) is 85.3 cm³/mol. The van der Waals surface area contributed by atoms with Gasteiger partial charge in [-0.2, -0.15) is 0 Å². The van der Waals surface area contributed by atoms with Gasteiger partial charge >= 0.3 is 0 Å². The summed E-state index contributed by atoms with van der Waals surface area (Å²) in [7, 11) is 0. The van der Waals surface area contributed by atoms with E-state index >= 15 is 0 Å². The first-order chi connectivity index (χ1) is 8.42. The number of halogens is 2. The minimum absolute atomic E-state index is 0. The molecule has 2 nitrogen and oxygen atoms in total. The summed E-state index contributed by atoms with van der Waals surface area (Å²) in [4.78, 5) is 2.64. The zero-order chi connectivity index (χ0) is 11.5. The molecule has 2 aliphatic heterocycles. The number of rotatable bonds is 2. The van der Waals surface area contributed by atoms with Crippen LogP contribution >= 0.6 is 24.8 Å². The largest absolute Gasteiger partial charge is 0.316 e. The second kappa shape index (κ2) is 8.11. The average Bonchev–Trinajstić information content (AvgIpc) is 2.40. The molecule has 0 aliphatic carbocycles. The van der Waals surface area contributed by atoms with Crippen molar-refractivity contribution in [3.63, 3.8) is 0 Å². The molecule has 0 bridgehead atoms. The lowest BCUT2D eigenvalue weighted by Gasteiger charge is -2.41. The lowest BCUT2D eigenvalue weighted by molar-refractivity contribution is 0.0904. The molecular formula is C15H24Cl2N2. The summed E-state index contributed by atoms with van der Waals surface area (Å²) in [5, 5.41) is 3.53. The van der Waals surface area contributed by atoms with E-state index in [2.05, 4.69) is 40.5 Å². The Morgan fingerprint density at radius 1 is 1.05 bits per heavy atom. The molecule has 1 aromatic rings. The SMILES string of the molecule is Cl.Cl.c1ccc(CN2CC[C@@H]3CNCC[C@@H]3C2)cc1. The van der Waals surface area contributed by atoms with Crippen molar-refractivity contribution < 1.29 is 0 Å². The van der Waals surface area contributed by atoms with Gasteiger partial charge in [0.25, 0.3) is 0 Å². The minimum Gasteiger partial charge on any atom is -0.316 e. The second-order valence-corrected chi connectivity index (χ2v) is 5.52. The van der Waals surface area contributed by atoms with E-state index in [-0.39, 0.29) is 24.8 Å². The normalized spacial score (nSPS) is 26.7. The Balaban J connectivity index is 0.000000902. The van der Waals surface area contributed by atoms with Crippen molar-refractivity contribution in [1.29, 1.82) is 0 Å². The van der Waals surface area contributed by atoms with Crippen LogP contribution in [0.4, 0.5) is 0 Å². The van der Waals surface area contributed by atoms with Crippen LogP contribution in [0.1, 0.15) is 18.4 Å². The number of likely N-dealkylation sites (tertiary alicyclic amines) is 1. The van der Waals surface area contributed by atoms with E-state index in [9.17, 15) is 0 Å². The predicted octanol–water partition coefficient (Wildman–Crippen LogP) is 2.96. The number of hydrogen-bond acceptors (Lipinski definition) is 2. The summed E-state index contributed by atoms with van der Waals surface area (Å²) >= 11 is 0. The van der Waals surface area contributed by atoms with Gasteiger partial charge < -0.3 is 5.32 Å². The van der Waals surface area contributed by atoms with Crippen molar-refractivity contribution in [3.8, 4) is 0 Å². The summed E-state index contributed by atoms with van der Waals surface area (Å²) in [5.41, 5.74) is 1.46. The molecule has 1 aromatic carbocycles. The van der Waals surface area contributed by atoms with Crippen molar-refractivity contribution in [2.24, 2.45) is 11.8 Å². The molecule has 0 saturated carbocycles. The Hall–Kier alpha value is -0.280. The average molecular weight is 303 g/mol. The Labute approximate surface area is 128 Å². The molecule has 2 heterocycles. The highest BCUT2D eigenvalue weighted by atomic mass is 35.5. The molecule has 1 N–H and O–H groups in total. The van der Waals surface area contributed by atoms with E-state index in [0.717, 1.165) is 18.4 Å². The fraction of sp³-hybridized carbons (Fsp3) is 0.600. The number of piperidine rings is 2. The lowest BCUT2D eigenvalue weighted by atomic mass is 9.81. The van der Waals surface area contributed by atoms with E-state index in [1.165, 1.54) is 44.6 Å². The summed E-state index contributed by atoms with van der Waals surface area (Å²) in [6.07, 6.45) is 2.75. The van der Waals surface area contributed by atoms with Crippen LogP contribution in [0, 0.1) is 11.8 Å². The molecule has 19 heavy (non-hydrogen) atoms. The van der Waals surface area contributed by atoms with Gasteiger partial charge in [-0.1, -0.05) is 30.3 Å². The fourth-order valence-electron chi connectivity index (χ4n) is 3.31. The molecule has 0 spiro atoms. The van der Waals surface area contributed by atoms with Crippen LogP contribution in [-0.4, -0.2) is 31.1 Å². The molecule has 0 aromatic heterocycles. The van der Waals surface area contributed by atoms with Gasteiger partial charge in [0.15, 0.2) is 0 Å². The first-order valence-corrected chi connectivity index (χ1v) is 6.89. The maximum absolute atomic E-state index is 3.53. The molecule has 0 radical (unpaired) electrons. The van der Waals surface area contributed by atoms with Crippen LogP contribution in [0.2, 0.25) is 0 Å². The van der Waals surface area contributed by atoms with Crippen LogP contribution in [0.3, 0.4) is 0 Å². The molecule has 3 rings (SSSR count). The summed E-state index contributed by atoms with van der Waals surface area (Å²) < 4.78 is 0. The van der Waals surface area contributed by atoms with Crippen molar-refractivity contribution in [1.82, 2.24) is 10.2 Å². The third kappa shape index (κ3) is 4.35. The fourth-order valence-corrected chi connectivity index (χ4v) is 3.31. The smallest absolute Gasteiger partial charge is 0.0233 e. The summed E-state index contributed by atoms with van der Waals surface area (Å²) in [6.45, 7) is 6.20. The van der Waals surface area contributed by atoms with Crippen LogP contribution in [0.15, 0.2) is 30.3 Å². The first kappa shape index (κ1) is 16.8. The van der Waals surface area contributed by atoms with Crippen molar-refractivity contribution >= 4 is 24.8 Å². The number of hydrogen-bond donors (Lipinski definition) is 1. The second-order valence-electron chi connectivity index (χ2n) is 5.52. The molecule has 0 unspecified atom stereocenters. The Bertz CT molecular complexity index is 358. The zero-order valence-electron chi connectivity index (χ0n) is 11.3. The maximum atomic E-state index is 3.53. The van der Waals surface area contributed by atoms with Gasteiger partial charge in [0.1, 0.15) is 0 Å². The van der Waals surface area contributed by atoms with Gasteiger partial charge in [-0.25, -0.2) is 0 Å². The Morgan fingerprint density at radius 3 is 2.63 bits per heavy atom. The van der Waals surface area contributed by atoms with Crippen LogP contribution < -0.4 is 5.32 Å². The molecule has 2 atom stereocenters. The third-order valence-electron chi connectivity index (χ3n) is 4.32. The van der Waals surface area contributed by atoms with Crippen LogP contribution in [-0.2, 0) is 6.54 Å². The number of nitrogens with one attached hydrogen (secondary N) is 1.